The zero-order valence-corrected chi connectivity index (χ0v) is 9.27. The number of carboxylic acids is 1. The minimum Gasteiger partial charge on any atom is -0.507 e. The Morgan fingerprint density at radius 1 is 1.29 bits per heavy atom. The molecule has 88 valence electrons. The molecule has 2 rings (SSSR count). The number of Topliss-reactive ketones (excluding diaryl/α,β-unsaturated/α-hetero) is 1. The molecule has 0 aliphatic heterocycles. The van der Waals surface area contributed by atoms with Crippen LogP contribution in [0.3, 0.4) is 0 Å². The molecule has 1 heterocycles. The number of aromatic carboxylic acids is 1. The van der Waals surface area contributed by atoms with Crippen LogP contribution in [0.2, 0.25) is 0 Å². The lowest BCUT2D eigenvalue weighted by atomic mass is 10.0. The molecule has 0 amide bonds. The fourth-order valence-corrected chi connectivity index (χ4v) is 1.80. The van der Waals surface area contributed by atoms with Crippen molar-refractivity contribution in [3.05, 3.63) is 29.0 Å². The summed E-state index contributed by atoms with van der Waals surface area (Å²) >= 11 is 0. The van der Waals surface area contributed by atoms with E-state index in [9.17, 15) is 14.7 Å². The number of carbonyl (C=O) groups excluding carboxylic acids is 1. The van der Waals surface area contributed by atoms with E-state index in [0.717, 1.165) is 0 Å². The number of fused-ring (bicyclic) bond motifs is 1. The third-order valence-electron chi connectivity index (χ3n) is 2.58. The van der Waals surface area contributed by atoms with E-state index < -0.39 is 5.97 Å². The van der Waals surface area contributed by atoms with E-state index in [-0.39, 0.29) is 34.0 Å². The molecule has 5 heteroatoms. The Morgan fingerprint density at radius 3 is 2.47 bits per heavy atom. The lowest BCUT2D eigenvalue weighted by Gasteiger charge is -2.00. The third-order valence-corrected chi connectivity index (χ3v) is 2.58. The first-order valence-corrected chi connectivity index (χ1v) is 4.92. The minimum atomic E-state index is -1.12. The second kappa shape index (κ2) is 3.62. The van der Waals surface area contributed by atoms with Crippen molar-refractivity contribution in [2.75, 3.05) is 0 Å². The van der Waals surface area contributed by atoms with Crippen LogP contribution in [0.1, 0.15) is 33.4 Å². The second-order valence-corrected chi connectivity index (χ2v) is 3.76. The van der Waals surface area contributed by atoms with Crippen molar-refractivity contribution in [1.29, 1.82) is 0 Å². The summed E-state index contributed by atoms with van der Waals surface area (Å²) in [6.45, 7) is 2.82. The summed E-state index contributed by atoms with van der Waals surface area (Å²) in [5.41, 5.74) is 0.353. The maximum absolute atomic E-state index is 11.3. The Labute approximate surface area is 96.3 Å². The molecular formula is C12H10O5. The SMILES string of the molecule is CC(=O)c1cc2c(C(=O)O)c(C)oc2cc1O. The molecule has 0 saturated heterocycles. The summed E-state index contributed by atoms with van der Waals surface area (Å²) in [7, 11) is 0. The Morgan fingerprint density at radius 2 is 1.94 bits per heavy atom. The van der Waals surface area contributed by atoms with E-state index in [1.807, 2.05) is 0 Å². The molecule has 0 bridgehead atoms. The summed E-state index contributed by atoms with van der Waals surface area (Å²) in [5.74, 6) is -1.43. The Bertz CT molecular complexity index is 636. The predicted octanol–water partition coefficient (Wildman–Crippen LogP) is 2.35. The van der Waals surface area contributed by atoms with Gasteiger partial charge in [0.05, 0.1) is 5.56 Å². The molecule has 0 atom stereocenters. The third kappa shape index (κ3) is 1.65. The number of phenols is 1. The summed E-state index contributed by atoms with van der Waals surface area (Å²) in [4.78, 5) is 22.3. The van der Waals surface area contributed by atoms with Crippen LogP contribution in [0.25, 0.3) is 11.0 Å². The molecule has 0 aliphatic rings. The average Bonchev–Trinajstić information content (AvgIpc) is 2.51. The molecule has 1 aromatic heterocycles. The number of hydrogen-bond donors (Lipinski definition) is 2. The monoisotopic (exact) mass is 234 g/mol. The number of ketones is 1. The number of carboxylic acid groups (broad SMARTS) is 1. The molecule has 17 heavy (non-hydrogen) atoms. The van der Waals surface area contributed by atoms with Crippen molar-refractivity contribution in [3.63, 3.8) is 0 Å². The van der Waals surface area contributed by atoms with E-state index in [0.29, 0.717) is 5.39 Å². The van der Waals surface area contributed by atoms with Gasteiger partial charge in [0.2, 0.25) is 0 Å². The number of furan rings is 1. The molecular weight excluding hydrogens is 224 g/mol. The number of benzene rings is 1. The van der Waals surface area contributed by atoms with Gasteiger partial charge in [-0.15, -0.1) is 0 Å². The summed E-state index contributed by atoms with van der Waals surface area (Å²) < 4.78 is 5.22. The van der Waals surface area contributed by atoms with Crippen LogP contribution in [0.15, 0.2) is 16.5 Å². The maximum atomic E-state index is 11.3. The molecule has 2 aromatic rings. The maximum Gasteiger partial charge on any atom is 0.339 e. The first-order valence-electron chi connectivity index (χ1n) is 4.92. The highest BCUT2D eigenvalue weighted by Gasteiger charge is 2.20. The summed E-state index contributed by atoms with van der Waals surface area (Å²) in [5, 5.41) is 19.0. The van der Waals surface area contributed by atoms with Gasteiger partial charge in [0.1, 0.15) is 22.7 Å². The molecule has 2 N–H and O–H groups in total. The van der Waals surface area contributed by atoms with E-state index in [1.54, 1.807) is 0 Å². The van der Waals surface area contributed by atoms with Gasteiger partial charge in [-0.3, -0.25) is 4.79 Å². The lowest BCUT2D eigenvalue weighted by molar-refractivity contribution is 0.0696. The summed E-state index contributed by atoms with van der Waals surface area (Å²) in [6.07, 6.45) is 0. The topological polar surface area (TPSA) is 87.7 Å². The second-order valence-electron chi connectivity index (χ2n) is 3.76. The van der Waals surface area contributed by atoms with Gasteiger partial charge in [0.25, 0.3) is 0 Å². The Balaban J connectivity index is 2.86. The average molecular weight is 234 g/mol. The summed E-state index contributed by atoms with van der Waals surface area (Å²) in [6, 6.07) is 2.60. The zero-order valence-electron chi connectivity index (χ0n) is 9.27. The van der Waals surface area contributed by atoms with Gasteiger partial charge in [-0.2, -0.15) is 0 Å². The van der Waals surface area contributed by atoms with Crippen LogP contribution in [0, 0.1) is 6.92 Å². The quantitative estimate of drug-likeness (QED) is 0.778. The van der Waals surface area contributed by atoms with Gasteiger partial charge in [0.15, 0.2) is 5.78 Å². The number of hydrogen-bond acceptors (Lipinski definition) is 4. The van der Waals surface area contributed by atoms with Crippen molar-refractivity contribution >= 4 is 22.7 Å². The highest BCUT2D eigenvalue weighted by molar-refractivity contribution is 6.07. The molecule has 5 nitrogen and oxygen atoms in total. The van der Waals surface area contributed by atoms with E-state index >= 15 is 0 Å². The highest BCUT2D eigenvalue weighted by Crippen LogP contribution is 2.31. The van der Waals surface area contributed by atoms with Crippen molar-refractivity contribution in [2.24, 2.45) is 0 Å². The van der Waals surface area contributed by atoms with Crippen LogP contribution in [0.4, 0.5) is 0 Å². The smallest absolute Gasteiger partial charge is 0.339 e. The van der Waals surface area contributed by atoms with Gasteiger partial charge in [0, 0.05) is 11.5 Å². The van der Waals surface area contributed by atoms with Crippen molar-refractivity contribution in [2.45, 2.75) is 13.8 Å². The van der Waals surface area contributed by atoms with Gasteiger partial charge in [-0.25, -0.2) is 4.79 Å². The molecule has 1 aromatic carbocycles. The number of aryl methyl sites for hydroxylation is 1. The van der Waals surface area contributed by atoms with Gasteiger partial charge in [-0.1, -0.05) is 0 Å². The van der Waals surface area contributed by atoms with Crippen molar-refractivity contribution in [1.82, 2.24) is 0 Å². The molecule has 0 fully saturated rings. The fraction of sp³-hybridized carbons (Fsp3) is 0.167. The van der Waals surface area contributed by atoms with Crippen molar-refractivity contribution in [3.8, 4) is 5.75 Å². The first kappa shape index (κ1) is 11.2. The van der Waals surface area contributed by atoms with Gasteiger partial charge < -0.3 is 14.6 Å². The molecule has 0 aliphatic carbocycles. The lowest BCUT2D eigenvalue weighted by Crippen LogP contribution is -1.98. The van der Waals surface area contributed by atoms with E-state index in [4.69, 9.17) is 9.52 Å². The van der Waals surface area contributed by atoms with E-state index in [1.165, 1.54) is 26.0 Å². The van der Waals surface area contributed by atoms with Crippen molar-refractivity contribution < 1.29 is 24.2 Å². The molecule has 0 saturated carbocycles. The minimum absolute atomic E-state index is 0.0162. The van der Waals surface area contributed by atoms with Crippen LogP contribution in [0.5, 0.6) is 5.75 Å². The predicted molar refractivity (Wildman–Crippen MR) is 59.6 cm³/mol. The molecule has 0 spiro atoms. The number of rotatable bonds is 2. The van der Waals surface area contributed by atoms with Crippen LogP contribution >= 0.6 is 0 Å². The number of carbonyl (C=O) groups is 2. The normalized spacial score (nSPS) is 10.7. The van der Waals surface area contributed by atoms with E-state index in [2.05, 4.69) is 0 Å². The Kier molecular flexibility index (Phi) is 2.38. The Hall–Kier alpha value is -2.30. The highest BCUT2D eigenvalue weighted by atomic mass is 16.4. The van der Waals surface area contributed by atoms with Gasteiger partial charge >= 0.3 is 5.97 Å². The first-order chi connectivity index (χ1) is 7.91. The van der Waals surface area contributed by atoms with Crippen LogP contribution in [-0.2, 0) is 0 Å². The number of aromatic hydroxyl groups is 1. The van der Waals surface area contributed by atoms with Gasteiger partial charge in [-0.05, 0) is 19.9 Å². The largest absolute Gasteiger partial charge is 0.507 e. The van der Waals surface area contributed by atoms with Crippen LogP contribution < -0.4 is 0 Å². The number of phenolic OH excluding ortho intramolecular Hbond substituents is 1. The fourth-order valence-electron chi connectivity index (χ4n) is 1.80. The molecule has 0 radical (unpaired) electrons. The van der Waals surface area contributed by atoms with Crippen LogP contribution in [-0.4, -0.2) is 22.0 Å². The standard InChI is InChI=1S/C12H10O5/c1-5(13)7-3-8-10(4-9(7)14)17-6(2)11(8)12(15)16/h3-4,14H,1-2H3,(H,15,16). The zero-order chi connectivity index (χ0) is 12.7. The molecule has 0 unspecified atom stereocenters.